The molecule has 1 unspecified atom stereocenters. The van der Waals surface area contributed by atoms with E-state index in [1.165, 1.54) is 5.56 Å². The summed E-state index contributed by atoms with van der Waals surface area (Å²) in [6.07, 6.45) is 0. The number of hydrogen-bond donors (Lipinski definition) is 0. The number of aryl methyl sites for hydroxylation is 3. The van der Waals surface area contributed by atoms with Crippen LogP contribution in [0.25, 0.3) is 11.1 Å². The number of hydrogen-bond acceptors (Lipinski definition) is 2. The topological polar surface area (TPSA) is 34.1 Å². The quantitative estimate of drug-likeness (QED) is 0.786. The van der Waals surface area contributed by atoms with Crippen LogP contribution in [0.15, 0.2) is 36.4 Å². The van der Waals surface area contributed by atoms with Gasteiger partial charge in [-0.25, -0.2) is 0 Å². The van der Waals surface area contributed by atoms with Gasteiger partial charge in [-0.15, -0.1) is 0 Å². The standard InChI is InChI=1S/C16H17O2P/c1-10-8-11(2)15(12(3)9-10)13-6-4-5-7-14(13)16(17)19-18/h4-9H,19H2,1-3H3. The first-order valence-corrected chi connectivity index (χ1v) is 7.26. The van der Waals surface area contributed by atoms with Crippen molar-refractivity contribution in [3.63, 3.8) is 0 Å². The van der Waals surface area contributed by atoms with E-state index in [9.17, 15) is 9.36 Å². The van der Waals surface area contributed by atoms with Gasteiger partial charge >= 0.3 is 0 Å². The fraction of sp³-hybridized carbons (Fsp3) is 0.188. The number of benzene rings is 2. The summed E-state index contributed by atoms with van der Waals surface area (Å²) in [6.45, 7) is 6.14. The van der Waals surface area contributed by atoms with E-state index in [1.807, 2.05) is 32.0 Å². The fourth-order valence-electron chi connectivity index (χ4n) is 2.58. The maximum Gasteiger partial charge on any atom is 0.216 e. The molecular formula is C16H17O2P. The van der Waals surface area contributed by atoms with Crippen LogP contribution >= 0.6 is 8.46 Å². The maximum absolute atomic E-state index is 11.8. The molecule has 2 nitrogen and oxygen atoms in total. The van der Waals surface area contributed by atoms with E-state index in [4.69, 9.17) is 0 Å². The average Bonchev–Trinajstić information content (AvgIpc) is 2.37. The zero-order chi connectivity index (χ0) is 14.0. The van der Waals surface area contributed by atoms with Crippen molar-refractivity contribution in [2.75, 3.05) is 0 Å². The zero-order valence-corrected chi connectivity index (χ0v) is 12.5. The molecule has 0 fully saturated rings. The van der Waals surface area contributed by atoms with Crippen molar-refractivity contribution in [2.24, 2.45) is 0 Å². The number of carbonyl (C=O) groups excluding carboxylic acids is 1. The van der Waals surface area contributed by atoms with E-state index < -0.39 is 8.46 Å². The molecule has 0 aliphatic rings. The van der Waals surface area contributed by atoms with Crippen LogP contribution in [0.3, 0.4) is 0 Å². The molecule has 0 saturated heterocycles. The Morgan fingerprint density at radius 2 is 1.58 bits per heavy atom. The number of rotatable bonds is 3. The summed E-state index contributed by atoms with van der Waals surface area (Å²) in [5, 5.41) is 0. The van der Waals surface area contributed by atoms with Gasteiger partial charge in [0, 0.05) is 5.56 Å². The van der Waals surface area contributed by atoms with Gasteiger partial charge in [0.2, 0.25) is 5.52 Å². The predicted octanol–water partition coefficient (Wildman–Crippen LogP) is 4.18. The van der Waals surface area contributed by atoms with Gasteiger partial charge in [0.1, 0.15) is 8.46 Å². The zero-order valence-electron chi connectivity index (χ0n) is 11.4. The summed E-state index contributed by atoms with van der Waals surface area (Å²) in [5.41, 5.74) is 5.72. The molecule has 98 valence electrons. The molecule has 2 rings (SSSR count). The molecule has 0 amide bonds. The molecule has 0 radical (unpaired) electrons. The molecule has 0 heterocycles. The summed E-state index contributed by atoms with van der Waals surface area (Å²) in [4.78, 5) is 11.8. The Morgan fingerprint density at radius 1 is 1.00 bits per heavy atom. The molecule has 0 spiro atoms. The van der Waals surface area contributed by atoms with Gasteiger partial charge in [0.25, 0.3) is 0 Å². The minimum absolute atomic E-state index is 0.269. The lowest BCUT2D eigenvalue weighted by molar-refractivity contribution is 0.108. The third-order valence-electron chi connectivity index (χ3n) is 3.25. The van der Waals surface area contributed by atoms with Crippen LogP contribution in [-0.4, -0.2) is 5.52 Å². The summed E-state index contributed by atoms with van der Waals surface area (Å²) in [7, 11) is -1.43. The lowest BCUT2D eigenvalue weighted by Crippen LogP contribution is -1.97. The van der Waals surface area contributed by atoms with Crippen molar-refractivity contribution >= 4 is 14.0 Å². The highest BCUT2D eigenvalue weighted by atomic mass is 31.1. The fourth-order valence-corrected chi connectivity index (χ4v) is 2.96. The van der Waals surface area contributed by atoms with E-state index in [1.54, 1.807) is 6.07 Å². The largest absolute Gasteiger partial charge is 0.322 e. The van der Waals surface area contributed by atoms with Crippen molar-refractivity contribution in [1.29, 1.82) is 0 Å². The van der Waals surface area contributed by atoms with Crippen molar-refractivity contribution in [2.45, 2.75) is 20.8 Å². The van der Waals surface area contributed by atoms with Gasteiger partial charge in [-0.05, 0) is 43.0 Å². The Hall–Kier alpha value is -1.66. The normalized spacial score (nSPS) is 11.1. The molecule has 0 aromatic heterocycles. The molecule has 0 aliphatic carbocycles. The molecule has 1 atom stereocenters. The Morgan fingerprint density at radius 3 is 2.16 bits per heavy atom. The Bertz CT molecular complexity index is 637. The van der Waals surface area contributed by atoms with Crippen LogP contribution in [0.1, 0.15) is 27.0 Å². The monoisotopic (exact) mass is 272 g/mol. The van der Waals surface area contributed by atoms with Crippen LogP contribution in [-0.2, 0) is 4.57 Å². The van der Waals surface area contributed by atoms with E-state index in [-0.39, 0.29) is 5.52 Å². The van der Waals surface area contributed by atoms with E-state index in [0.717, 1.165) is 22.3 Å². The van der Waals surface area contributed by atoms with Gasteiger partial charge in [-0.2, -0.15) is 0 Å². The SMILES string of the molecule is Cc1cc(C)c(-c2ccccc2C(=O)[PH2]=O)c(C)c1. The minimum Gasteiger partial charge on any atom is -0.322 e. The Labute approximate surface area is 114 Å². The van der Waals surface area contributed by atoms with E-state index in [0.29, 0.717) is 5.56 Å². The van der Waals surface area contributed by atoms with Crippen LogP contribution in [0.4, 0.5) is 0 Å². The second kappa shape index (κ2) is 5.54. The molecule has 2 aromatic rings. The smallest absolute Gasteiger partial charge is 0.216 e. The lowest BCUT2D eigenvalue weighted by Gasteiger charge is -2.14. The van der Waals surface area contributed by atoms with Crippen LogP contribution in [0, 0.1) is 20.8 Å². The highest BCUT2D eigenvalue weighted by Gasteiger charge is 2.14. The third-order valence-corrected chi connectivity index (χ3v) is 3.77. The highest BCUT2D eigenvalue weighted by Crippen LogP contribution is 2.32. The molecule has 0 saturated carbocycles. The van der Waals surface area contributed by atoms with Gasteiger partial charge in [0.05, 0.1) is 0 Å². The Balaban J connectivity index is 2.73. The van der Waals surface area contributed by atoms with Gasteiger partial charge in [-0.1, -0.05) is 42.0 Å². The summed E-state index contributed by atoms with van der Waals surface area (Å²) < 4.78 is 11.0. The first-order valence-electron chi connectivity index (χ1n) is 6.21. The maximum atomic E-state index is 11.8. The molecule has 2 aromatic carbocycles. The first kappa shape index (κ1) is 13.8. The predicted molar refractivity (Wildman–Crippen MR) is 80.8 cm³/mol. The summed E-state index contributed by atoms with van der Waals surface area (Å²) in [6, 6.07) is 11.6. The molecule has 0 N–H and O–H groups in total. The molecule has 0 aliphatic heterocycles. The van der Waals surface area contributed by atoms with Crippen LogP contribution in [0.2, 0.25) is 0 Å². The minimum atomic E-state index is -1.43. The van der Waals surface area contributed by atoms with E-state index >= 15 is 0 Å². The summed E-state index contributed by atoms with van der Waals surface area (Å²) >= 11 is 0. The highest BCUT2D eigenvalue weighted by molar-refractivity contribution is 7.47. The molecular weight excluding hydrogens is 255 g/mol. The van der Waals surface area contributed by atoms with Crippen LogP contribution < -0.4 is 0 Å². The average molecular weight is 272 g/mol. The third kappa shape index (κ3) is 2.69. The summed E-state index contributed by atoms with van der Waals surface area (Å²) in [5.74, 6) is 0. The molecule has 3 heteroatoms. The van der Waals surface area contributed by atoms with Gasteiger partial charge < -0.3 is 4.57 Å². The van der Waals surface area contributed by atoms with Crippen molar-refractivity contribution < 1.29 is 9.36 Å². The Kier molecular flexibility index (Phi) is 4.01. The van der Waals surface area contributed by atoms with Crippen molar-refractivity contribution in [1.82, 2.24) is 0 Å². The van der Waals surface area contributed by atoms with Gasteiger partial charge in [0.15, 0.2) is 0 Å². The second-order valence-corrected chi connectivity index (χ2v) is 5.56. The molecule has 0 bridgehead atoms. The van der Waals surface area contributed by atoms with Gasteiger partial charge in [-0.3, -0.25) is 4.79 Å². The number of carbonyl (C=O) groups is 1. The van der Waals surface area contributed by atoms with E-state index in [2.05, 4.69) is 19.1 Å². The second-order valence-electron chi connectivity index (χ2n) is 4.80. The van der Waals surface area contributed by atoms with Crippen molar-refractivity contribution in [3.8, 4) is 11.1 Å². The lowest BCUT2D eigenvalue weighted by atomic mass is 9.91. The first-order chi connectivity index (χ1) is 9.04. The van der Waals surface area contributed by atoms with Crippen LogP contribution in [0.5, 0.6) is 0 Å². The van der Waals surface area contributed by atoms with Crippen molar-refractivity contribution in [3.05, 3.63) is 58.7 Å². The molecule has 19 heavy (non-hydrogen) atoms.